The van der Waals surface area contributed by atoms with Gasteiger partial charge in [-0.05, 0) is 60.7 Å². The van der Waals surface area contributed by atoms with Crippen molar-refractivity contribution < 1.29 is 17.9 Å². The van der Waals surface area contributed by atoms with Crippen LogP contribution in [-0.4, -0.2) is 44.9 Å². The molecule has 1 saturated heterocycles. The second-order valence-electron chi connectivity index (χ2n) is 6.84. The number of carbonyl (C=O) groups is 1. The Morgan fingerprint density at radius 2 is 1.78 bits per heavy atom. The smallest absolute Gasteiger partial charge is 0.255 e. The molecule has 27 heavy (non-hydrogen) atoms. The Hall–Kier alpha value is -2.22. The van der Waals surface area contributed by atoms with Gasteiger partial charge >= 0.3 is 0 Å². The number of ether oxygens (including phenoxy) is 1. The lowest BCUT2D eigenvalue weighted by Gasteiger charge is -2.26. The minimum Gasteiger partial charge on any atom is -0.379 e. The number of amides is 1. The summed E-state index contributed by atoms with van der Waals surface area (Å²) in [5, 5.41) is 2.88. The van der Waals surface area contributed by atoms with Crippen molar-refractivity contribution in [3.63, 3.8) is 0 Å². The topological polar surface area (TPSA) is 75.7 Å². The van der Waals surface area contributed by atoms with Crippen molar-refractivity contribution >= 4 is 21.6 Å². The number of hydrogen-bond donors (Lipinski definition) is 1. The summed E-state index contributed by atoms with van der Waals surface area (Å²) in [5.74, 6) is -0.313. The second-order valence-corrected chi connectivity index (χ2v) is 8.77. The molecule has 2 aromatic carbocycles. The van der Waals surface area contributed by atoms with Crippen LogP contribution in [0, 0.1) is 0 Å². The Kier molecular flexibility index (Phi) is 4.99. The van der Waals surface area contributed by atoms with E-state index in [0.717, 1.165) is 24.9 Å². The number of rotatable bonds is 4. The molecule has 142 valence electrons. The first-order chi connectivity index (χ1) is 13.0. The fraction of sp³-hybridized carbons (Fsp3) is 0.350. The van der Waals surface area contributed by atoms with Crippen molar-refractivity contribution in [2.45, 2.75) is 24.2 Å². The minimum atomic E-state index is -3.63. The normalized spacial score (nSPS) is 17.5. The fourth-order valence-corrected chi connectivity index (χ4v) is 5.04. The maximum absolute atomic E-state index is 12.8. The van der Waals surface area contributed by atoms with Crippen LogP contribution in [0.4, 0.5) is 5.69 Å². The zero-order valence-electron chi connectivity index (χ0n) is 15.0. The van der Waals surface area contributed by atoms with Crippen LogP contribution >= 0.6 is 0 Å². The van der Waals surface area contributed by atoms with E-state index in [4.69, 9.17) is 4.74 Å². The molecular weight excluding hydrogens is 364 g/mol. The molecule has 1 amide bonds. The maximum atomic E-state index is 12.8. The number of sulfonamides is 1. The summed E-state index contributed by atoms with van der Waals surface area (Å²) in [4.78, 5) is 12.8. The van der Waals surface area contributed by atoms with E-state index in [9.17, 15) is 13.2 Å². The van der Waals surface area contributed by atoms with Crippen LogP contribution in [0.25, 0.3) is 0 Å². The molecule has 7 heteroatoms. The standard InChI is InChI=1S/C20H22N2O4S/c23-20(21-18-8-7-15-3-1-4-16(15)13-18)17-5-2-6-19(14-17)27(24,25)22-9-11-26-12-10-22/h2,5-8,13-14H,1,3-4,9-12H2,(H,21,23). The maximum Gasteiger partial charge on any atom is 0.255 e. The number of aryl methyl sites for hydroxylation is 2. The van der Waals surface area contributed by atoms with E-state index >= 15 is 0 Å². The van der Waals surface area contributed by atoms with Gasteiger partial charge in [0.15, 0.2) is 0 Å². The highest BCUT2D eigenvalue weighted by molar-refractivity contribution is 7.89. The van der Waals surface area contributed by atoms with Crippen LogP contribution in [0.1, 0.15) is 27.9 Å². The van der Waals surface area contributed by atoms with Crippen LogP contribution in [-0.2, 0) is 27.6 Å². The van der Waals surface area contributed by atoms with Gasteiger partial charge in [-0.2, -0.15) is 4.31 Å². The summed E-state index contributed by atoms with van der Waals surface area (Å²) in [5.41, 5.74) is 3.68. The monoisotopic (exact) mass is 386 g/mol. The Morgan fingerprint density at radius 1 is 1.00 bits per heavy atom. The molecule has 0 bridgehead atoms. The van der Waals surface area contributed by atoms with Crippen molar-refractivity contribution in [3.8, 4) is 0 Å². The summed E-state index contributed by atoms with van der Waals surface area (Å²) < 4.78 is 32.2. The molecule has 0 saturated carbocycles. The lowest BCUT2D eigenvalue weighted by Crippen LogP contribution is -2.40. The largest absolute Gasteiger partial charge is 0.379 e. The first-order valence-corrected chi connectivity index (χ1v) is 10.6. The summed E-state index contributed by atoms with van der Waals surface area (Å²) in [6.07, 6.45) is 3.27. The third-order valence-electron chi connectivity index (χ3n) is 5.06. The van der Waals surface area contributed by atoms with E-state index in [2.05, 4.69) is 11.4 Å². The highest BCUT2D eigenvalue weighted by Gasteiger charge is 2.27. The fourth-order valence-electron chi connectivity index (χ4n) is 3.59. The highest BCUT2D eigenvalue weighted by atomic mass is 32.2. The first-order valence-electron chi connectivity index (χ1n) is 9.15. The van der Waals surface area contributed by atoms with Crippen molar-refractivity contribution in [1.82, 2.24) is 4.31 Å². The molecule has 6 nitrogen and oxygen atoms in total. The Bertz CT molecular complexity index is 966. The molecule has 1 fully saturated rings. The van der Waals surface area contributed by atoms with Crippen LogP contribution < -0.4 is 5.32 Å². The molecule has 2 aliphatic rings. The molecular formula is C20H22N2O4S. The van der Waals surface area contributed by atoms with Gasteiger partial charge in [0.25, 0.3) is 5.91 Å². The number of nitrogens with one attached hydrogen (secondary N) is 1. The van der Waals surface area contributed by atoms with Gasteiger partial charge in [-0.1, -0.05) is 12.1 Å². The summed E-state index contributed by atoms with van der Waals surface area (Å²) >= 11 is 0. The highest BCUT2D eigenvalue weighted by Crippen LogP contribution is 2.25. The van der Waals surface area contributed by atoms with Crippen LogP contribution in [0.2, 0.25) is 0 Å². The van der Waals surface area contributed by atoms with E-state index in [0.29, 0.717) is 31.9 Å². The number of morpholine rings is 1. The van der Waals surface area contributed by atoms with Gasteiger partial charge in [0, 0.05) is 24.3 Å². The predicted octanol–water partition coefficient (Wildman–Crippen LogP) is 2.45. The first kappa shape index (κ1) is 18.2. The third-order valence-corrected chi connectivity index (χ3v) is 6.96. The molecule has 1 N–H and O–H groups in total. The second kappa shape index (κ2) is 7.42. The Balaban J connectivity index is 1.54. The van der Waals surface area contributed by atoms with Gasteiger partial charge in [-0.3, -0.25) is 4.79 Å². The van der Waals surface area contributed by atoms with E-state index in [1.54, 1.807) is 12.1 Å². The van der Waals surface area contributed by atoms with E-state index in [-0.39, 0.29) is 10.8 Å². The quantitative estimate of drug-likeness (QED) is 0.876. The van der Waals surface area contributed by atoms with Crippen LogP contribution in [0.15, 0.2) is 47.4 Å². The summed E-state index contributed by atoms with van der Waals surface area (Å²) in [6, 6.07) is 12.2. The third kappa shape index (κ3) is 3.76. The van der Waals surface area contributed by atoms with Gasteiger partial charge in [-0.25, -0.2) is 8.42 Å². The average Bonchev–Trinajstić information content (AvgIpc) is 3.16. The Labute approximate surface area is 159 Å². The van der Waals surface area contributed by atoms with Crippen LogP contribution in [0.5, 0.6) is 0 Å². The molecule has 0 atom stereocenters. The number of fused-ring (bicyclic) bond motifs is 1. The number of anilines is 1. The molecule has 0 radical (unpaired) electrons. The van der Waals surface area contributed by atoms with Crippen LogP contribution in [0.3, 0.4) is 0 Å². The van der Waals surface area contributed by atoms with E-state index in [1.807, 2.05) is 12.1 Å². The predicted molar refractivity (Wildman–Crippen MR) is 102 cm³/mol. The number of hydrogen-bond acceptors (Lipinski definition) is 4. The molecule has 2 aromatic rings. The molecule has 0 unspecified atom stereocenters. The van der Waals surface area contributed by atoms with Crippen molar-refractivity contribution in [2.24, 2.45) is 0 Å². The number of carbonyl (C=O) groups excluding carboxylic acids is 1. The van der Waals surface area contributed by atoms with Gasteiger partial charge in [-0.15, -0.1) is 0 Å². The minimum absolute atomic E-state index is 0.131. The van der Waals surface area contributed by atoms with Crippen molar-refractivity contribution in [1.29, 1.82) is 0 Å². The molecule has 4 rings (SSSR count). The molecule has 1 aliphatic heterocycles. The van der Waals surface area contributed by atoms with Gasteiger partial charge in [0.2, 0.25) is 10.0 Å². The van der Waals surface area contributed by atoms with E-state index in [1.165, 1.54) is 27.6 Å². The lowest BCUT2D eigenvalue weighted by atomic mass is 10.1. The van der Waals surface area contributed by atoms with Crippen molar-refractivity contribution in [2.75, 3.05) is 31.6 Å². The van der Waals surface area contributed by atoms with E-state index < -0.39 is 10.0 Å². The summed E-state index contributed by atoms with van der Waals surface area (Å²) in [7, 11) is -3.63. The SMILES string of the molecule is O=C(Nc1ccc2c(c1)CCC2)c1cccc(S(=O)(=O)N2CCOCC2)c1. The molecule has 0 spiro atoms. The zero-order valence-corrected chi connectivity index (χ0v) is 15.8. The molecule has 0 aromatic heterocycles. The van der Waals surface area contributed by atoms with Gasteiger partial charge in [0.05, 0.1) is 18.1 Å². The van der Waals surface area contributed by atoms with Gasteiger partial charge < -0.3 is 10.1 Å². The average molecular weight is 386 g/mol. The number of benzene rings is 2. The lowest BCUT2D eigenvalue weighted by molar-refractivity contribution is 0.0730. The number of nitrogens with zero attached hydrogens (tertiary/aromatic N) is 1. The Morgan fingerprint density at radius 3 is 2.59 bits per heavy atom. The van der Waals surface area contributed by atoms with Gasteiger partial charge in [0.1, 0.15) is 0 Å². The molecule has 1 aliphatic carbocycles. The zero-order chi connectivity index (χ0) is 18.9. The molecule has 1 heterocycles. The van der Waals surface area contributed by atoms with Crippen molar-refractivity contribution in [3.05, 3.63) is 59.2 Å². The summed E-state index contributed by atoms with van der Waals surface area (Å²) in [6.45, 7) is 1.43.